The Morgan fingerprint density at radius 1 is 1.08 bits per heavy atom. The standard InChI is InChI=1S/C18H21N5S2/c1-12-13(2)25-16(22-12)10-21-18(19-3)20-9-15-11-24-17(23-15)14-7-5-4-6-8-14/h4-8,11H,9-10H2,1-3H3,(H2,19,20,21). The van der Waals surface area contributed by atoms with Gasteiger partial charge in [0.2, 0.25) is 0 Å². The van der Waals surface area contributed by atoms with E-state index >= 15 is 0 Å². The number of guanidine groups is 1. The van der Waals surface area contributed by atoms with Crippen LogP contribution in [0, 0.1) is 13.8 Å². The van der Waals surface area contributed by atoms with Crippen molar-refractivity contribution in [2.45, 2.75) is 26.9 Å². The average molecular weight is 372 g/mol. The van der Waals surface area contributed by atoms with Gasteiger partial charge in [0.1, 0.15) is 10.0 Å². The van der Waals surface area contributed by atoms with Gasteiger partial charge in [0.15, 0.2) is 5.96 Å². The molecule has 2 N–H and O–H groups in total. The molecule has 0 aliphatic rings. The average Bonchev–Trinajstić information content (AvgIpc) is 3.23. The largest absolute Gasteiger partial charge is 0.351 e. The second kappa shape index (κ2) is 8.22. The summed E-state index contributed by atoms with van der Waals surface area (Å²) in [5.41, 5.74) is 3.25. The number of aliphatic imine (C=N–C) groups is 1. The Kier molecular flexibility index (Phi) is 5.78. The van der Waals surface area contributed by atoms with Crippen molar-refractivity contribution in [2.24, 2.45) is 4.99 Å². The molecule has 0 saturated heterocycles. The first-order chi connectivity index (χ1) is 12.2. The molecule has 0 saturated carbocycles. The van der Waals surface area contributed by atoms with E-state index in [0.29, 0.717) is 13.1 Å². The molecule has 0 aliphatic heterocycles. The first kappa shape index (κ1) is 17.6. The molecule has 3 rings (SSSR count). The van der Waals surface area contributed by atoms with E-state index in [-0.39, 0.29) is 0 Å². The van der Waals surface area contributed by atoms with Crippen LogP contribution in [0.3, 0.4) is 0 Å². The number of rotatable bonds is 5. The fourth-order valence-electron chi connectivity index (χ4n) is 2.27. The molecule has 0 spiro atoms. The number of benzene rings is 1. The van der Waals surface area contributed by atoms with Crippen molar-refractivity contribution in [2.75, 3.05) is 7.05 Å². The molecule has 0 aliphatic carbocycles. The van der Waals surface area contributed by atoms with Crippen molar-refractivity contribution in [1.82, 2.24) is 20.6 Å². The second-order valence-corrected chi connectivity index (χ2v) is 7.68. The summed E-state index contributed by atoms with van der Waals surface area (Å²) in [6, 6.07) is 10.2. The maximum Gasteiger partial charge on any atom is 0.191 e. The minimum atomic E-state index is 0.638. The van der Waals surface area contributed by atoms with Gasteiger partial charge in [-0.3, -0.25) is 4.99 Å². The van der Waals surface area contributed by atoms with Gasteiger partial charge in [-0.15, -0.1) is 22.7 Å². The molecule has 0 amide bonds. The van der Waals surface area contributed by atoms with Gasteiger partial charge in [0, 0.05) is 22.9 Å². The third-order valence-corrected chi connectivity index (χ3v) is 5.73. The molecule has 1 aromatic carbocycles. The number of thiazole rings is 2. The van der Waals surface area contributed by atoms with Crippen LogP contribution in [0.15, 0.2) is 40.7 Å². The fourth-order valence-corrected chi connectivity index (χ4v) is 3.97. The lowest BCUT2D eigenvalue weighted by Gasteiger charge is -2.09. The van der Waals surface area contributed by atoms with Gasteiger partial charge in [-0.25, -0.2) is 9.97 Å². The van der Waals surface area contributed by atoms with E-state index in [0.717, 1.165) is 32.9 Å². The molecule has 7 heteroatoms. The Morgan fingerprint density at radius 2 is 1.84 bits per heavy atom. The molecule has 130 valence electrons. The lowest BCUT2D eigenvalue weighted by molar-refractivity contribution is 0.794. The third kappa shape index (κ3) is 4.64. The zero-order chi connectivity index (χ0) is 17.6. The van der Waals surface area contributed by atoms with Crippen LogP contribution in [0.2, 0.25) is 0 Å². The molecule has 0 unspecified atom stereocenters. The van der Waals surface area contributed by atoms with Crippen molar-refractivity contribution in [3.63, 3.8) is 0 Å². The summed E-state index contributed by atoms with van der Waals surface area (Å²) in [4.78, 5) is 14.7. The molecule has 0 radical (unpaired) electrons. The molecule has 0 bridgehead atoms. The number of hydrogen-bond acceptors (Lipinski definition) is 5. The molecule has 3 aromatic rings. The minimum Gasteiger partial charge on any atom is -0.351 e. The summed E-state index contributed by atoms with van der Waals surface area (Å²) in [5.74, 6) is 0.750. The van der Waals surface area contributed by atoms with Crippen LogP contribution in [-0.4, -0.2) is 23.0 Å². The highest BCUT2D eigenvalue weighted by atomic mass is 32.1. The van der Waals surface area contributed by atoms with Gasteiger partial charge >= 0.3 is 0 Å². The number of aryl methyl sites for hydroxylation is 2. The van der Waals surface area contributed by atoms with E-state index in [1.807, 2.05) is 25.1 Å². The Hall–Kier alpha value is -2.25. The van der Waals surface area contributed by atoms with Gasteiger partial charge in [0.05, 0.1) is 24.5 Å². The van der Waals surface area contributed by atoms with Gasteiger partial charge in [0.25, 0.3) is 0 Å². The van der Waals surface area contributed by atoms with Crippen molar-refractivity contribution in [1.29, 1.82) is 0 Å². The number of nitrogens with zero attached hydrogens (tertiary/aromatic N) is 3. The highest BCUT2D eigenvalue weighted by Gasteiger charge is 2.07. The number of nitrogens with one attached hydrogen (secondary N) is 2. The lowest BCUT2D eigenvalue weighted by Crippen LogP contribution is -2.36. The van der Waals surface area contributed by atoms with Gasteiger partial charge in [-0.1, -0.05) is 30.3 Å². The predicted molar refractivity (Wildman–Crippen MR) is 106 cm³/mol. The molecule has 25 heavy (non-hydrogen) atoms. The van der Waals surface area contributed by atoms with Gasteiger partial charge in [-0.05, 0) is 13.8 Å². The van der Waals surface area contributed by atoms with E-state index in [9.17, 15) is 0 Å². The summed E-state index contributed by atoms with van der Waals surface area (Å²) in [5, 5.41) is 10.8. The second-order valence-electron chi connectivity index (χ2n) is 5.54. The first-order valence-electron chi connectivity index (χ1n) is 8.03. The van der Waals surface area contributed by atoms with Crippen LogP contribution >= 0.6 is 22.7 Å². The fraction of sp³-hybridized carbons (Fsp3) is 0.278. The Balaban J connectivity index is 1.54. The zero-order valence-electron chi connectivity index (χ0n) is 14.5. The van der Waals surface area contributed by atoms with Crippen LogP contribution in [0.4, 0.5) is 0 Å². The van der Waals surface area contributed by atoms with Crippen molar-refractivity contribution < 1.29 is 0 Å². The molecule has 5 nitrogen and oxygen atoms in total. The minimum absolute atomic E-state index is 0.638. The highest BCUT2D eigenvalue weighted by Crippen LogP contribution is 2.23. The maximum atomic E-state index is 4.68. The van der Waals surface area contributed by atoms with E-state index < -0.39 is 0 Å². The quantitative estimate of drug-likeness (QED) is 0.530. The highest BCUT2D eigenvalue weighted by molar-refractivity contribution is 7.13. The number of aromatic nitrogens is 2. The summed E-state index contributed by atoms with van der Waals surface area (Å²) in [6.45, 7) is 5.44. The van der Waals surface area contributed by atoms with Crippen LogP contribution in [-0.2, 0) is 13.1 Å². The molecule has 0 fully saturated rings. The smallest absolute Gasteiger partial charge is 0.191 e. The summed E-state index contributed by atoms with van der Waals surface area (Å²) in [6.07, 6.45) is 0. The monoisotopic (exact) mass is 371 g/mol. The van der Waals surface area contributed by atoms with E-state index in [1.165, 1.54) is 4.88 Å². The summed E-state index contributed by atoms with van der Waals surface area (Å²) < 4.78 is 0. The van der Waals surface area contributed by atoms with Crippen molar-refractivity contribution in [3.05, 3.63) is 57.0 Å². The predicted octanol–water partition coefficient (Wildman–Crippen LogP) is 3.75. The molecule has 2 aromatic heterocycles. The first-order valence-corrected chi connectivity index (χ1v) is 9.72. The summed E-state index contributed by atoms with van der Waals surface area (Å²) in [7, 11) is 1.77. The van der Waals surface area contributed by atoms with Crippen LogP contribution in [0.5, 0.6) is 0 Å². The van der Waals surface area contributed by atoms with Crippen molar-refractivity contribution in [3.8, 4) is 10.6 Å². The van der Waals surface area contributed by atoms with Crippen LogP contribution in [0.1, 0.15) is 21.3 Å². The molecule has 2 heterocycles. The van der Waals surface area contributed by atoms with E-state index in [2.05, 4.69) is 50.0 Å². The van der Waals surface area contributed by atoms with Gasteiger partial charge in [-0.2, -0.15) is 0 Å². The molecular weight excluding hydrogens is 350 g/mol. The normalized spacial score (nSPS) is 11.6. The number of hydrogen-bond donors (Lipinski definition) is 2. The summed E-state index contributed by atoms with van der Waals surface area (Å²) >= 11 is 3.37. The molecule has 0 atom stereocenters. The molecular formula is C18H21N5S2. The Morgan fingerprint density at radius 3 is 2.52 bits per heavy atom. The van der Waals surface area contributed by atoms with Crippen LogP contribution in [0.25, 0.3) is 10.6 Å². The van der Waals surface area contributed by atoms with Crippen LogP contribution < -0.4 is 10.6 Å². The Bertz CT molecular complexity index is 832. The van der Waals surface area contributed by atoms with Gasteiger partial charge < -0.3 is 10.6 Å². The van der Waals surface area contributed by atoms with Crippen molar-refractivity contribution >= 4 is 28.6 Å². The maximum absolute atomic E-state index is 4.68. The third-order valence-electron chi connectivity index (χ3n) is 3.71. The van der Waals surface area contributed by atoms with E-state index in [4.69, 9.17) is 0 Å². The topological polar surface area (TPSA) is 62.2 Å². The lowest BCUT2D eigenvalue weighted by atomic mass is 10.2. The zero-order valence-corrected chi connectivity index (χ0v) is 16.2. The Labute approximate surface area is 155 Å². The SMILES string of the molecule is CN=C(NCc1csc(-c2ccccc2)n1)NCc1nc(C)c(C)s1. The van der Waals surface area contributed by atoms with E-state index in [1.54, 1.807) is 29.7 Å².